The summed E-state index contributed by atoms with van der Waals surface area (Å²) in [6.07, 6.45) is 2.18. The van der Waals surface area contributed by atoms with E-state index in [1.54, 1.807) is 19.2 Å². The fourth-order valence-electron chi connectivity index (χ4n) is 1.67. The van der Waals surface area contributed by atoms with Crippen molar-refractivity contribution in [2.75, 3.05) is 18.2 Å². The number of nitrogen functional groups attached to an aromatic ring is 1. The minimum atomic E-state index is -0.279. The van der Waals surface area contributed by atoms with Crippen molar-refractivity contribution in [3.63, 3.8) is 0 Å². The number of nitrogens with one attached hydrogen (secondary N) is 2. The third kappa shape index (κ3) is 3.06. The van der Waals surface area contributed by atoms with Crippen molar-refractivity contribution in [1.82, 2.24) is 5.32 Å². The highest BCUT2D eigenvalue weighted by atomic mass is 16.5. The van der Waals surface area contributed by atoms with Gasteiger partial charge < -0.3 is 21.1 Å². The van der Waals surface area contributed by atoms with Crippen molar-refractivity contribution >= 4 is 17.3 Å². The monoisotopic (exact) mass is 249 g/mol. The quantitative estimate of drug-likeness (QED) is 0.689. The molecule has 0 heterocycles. The lowest BCUT2D eigenvalue weighted by Gasteiger charge is -2.16. The van der Waals surface area contributed by atoms with Crippen LogP contribution in [-0.4, -0.2) is 25.1 Å². The summed E-state index contributed by atoms with van der Waals surface area (Å²) < 4.78 is 5.14. The summed E-state index contributed by atoms with van der Waals surface area (Å²) in [4.78, 5) is 11.8. The lowest BCUT2D eigenvalue weighted by molar-refractivity contribution is -0.121. The van der Waals surface area contributed by atoms with Gasteiger partial charge in [0.2, 0.25) is 5.91 Å². The minimum absolute atomic E-state index is 0.0216. The highest BCUT2D eigenvalue weighted by Crippen LogP contribution is 2.25. The molecule has 0 bridgehead atoms. The molecule has 1 fully saturated rings. The first-order valence-electron chi connectivity index (χ1n) is 6.10. The number of benzene rings is 1. The Morgan fingerprint density at radius 2 is 2.22 bits per heavy atom. The largest absolute Gasteiger partial charge is 0.495 e. The number of anilines is 2. The van der Waals surface area contributed by atoms with E-state index in [4.69, 9.17) is 10.5 Å². The summed E-state index contributed by atoms with van der Waals surface area (Å²) in [7, 11) is 1.57. The van der Waals surface area contributed by atoms with Crippen LogP contribution in [0.15, 0.2) is 18.2 Å². The average Bonchev–Trinajstić information content (AvgIpc) is 3.15. The van der Waals surface area contributed by atoms with Gasteiger partial charge >= 0.3 is 0 Å². The van der Waals surface area contributed by atoms with E-state index in [1.807, 2.05) is 13.0 Å². The number of hydrogen-bond donors (Lipinski definition) is 3. The molecule has 5 heteroatoms. The van der Waals surface area contributed by atoms with Gasteiger partial charge in [-0.1, -0.05) is 0 Å². The van der Waals surface area contributed by atoms with Gasteiger partial charge in [-0.25, -0.2) is 0 Å². The van der Waals surface area contributed by atoms with Gasteiger partial charge in [-0.3, -0.25) is 4.79 Å². The van der Waals surface area contributed by atoms with E-state index in [0.717, 1.165) is 18.5 Å². The first-order valence-corrected chi connectivity index (χ1v) is 6.10. The summed E-state index contributed by atoms with van der Waals surface area (Å²) in [5, 5.41) is 6.09. The fraction of sp³-hybridized carbons (Fsp3) is 0.462. The highest BCUT2D eigenvalue weighted by molar-refractivity contribution is 5.84. The van der Waals surface area contributed by atoms with Crippen molar-refractivity contribution in [1.29, 1.82) is 0 Å². The lowest BCUT2D eigenvalue weighted by atomic mass is 10.2. The third-order valence-corrected chi connectivity index (χ3v) is 2.93. The van der Waals surface area contributed by atoms with Crippen LogP contribution in [0.3, 0.4) is 0 Å². The smallest absolute Gasteiger partial charge is 0.242 e. The second-order valence-electron chi connectivity index (χ2n) is 4.61. The Morgan fingerprint density at radius 1 is 1.50 bits per heavy atom. The number of hydrogen-bond acceptors (Lipinski definition) is 4. The van der Waals surface area contributed by atoms with Crippen molar-refractivity contribution in [2.24, 2.45) is 0 Å². The fourth-order valence-corrected chi connectivity index (χ4v) is 1.67. The predicted octanol–water partition coefficient (Wildman–Crippen LogP) is 1.36. The maximum atomic E-state index is 11.8. The second-order valence-corrected chi connectivity index (χ2v) is 4.61. The van der Waals surface area contributed by atoms with Crippen LogP contribution in [0.2, 0.25) is 0 Å². The molecule has 18 heavy (non-hydrogen) atoms. The maximum absolute atomic E-state index is 11.8. The molecule has 5 nitrogen and oxygen atoms in total. The molecule has 0 radical (unpaired) electrons. The van der Waals surface area contributed by atoms with Crippen LogP contribution in [0.25, 0.3) is 0 Å². The van der Waals surface area contributed by atoms with E-state index in [-0.39, 0.29) is 11.9 Å². The number of carbonyl (C=O) groups is 1. The zero-order chi connectivity index (χ0) is 13.1. The lowest BCUT2D eigenvalue weighted by Crippen LogP contribution is -2.38. The molecule has 0 aliphatic heterocycles. The second kappa shape index (κ2) is 5.16. The molecule has 1 atom stereocenters. The average molecular weight is 249 g/mol. The summed E-state index contributed by atoms with van der Waals surface area (Å²) in [6, 6.07) is 5.48. The van der Waals surface area contributed by atoms with E-state index >= 15 is 0 Å². The van der Waals surface area contributed by atoms with Crippen molar-refractivity contribution in [3.05, 3.63) is 18.2 Å². The van der Waals surface area contributed by atoms with Crippen LogP contribution in [0.4, 0.5) is 11.4 Å². The van der Waals surface area contributed by atoms with Crippen LogP contribution < -0.4 is 21.1 Å². The van der Waals surface area contributed by atoms with Crippen LogP contribution in [0.1, 0.15) is 19.8 Å². The molecule has 2 rings (SSSR count). The summed E-state index contributed by atoms with van der Waals surface area (Å²) >= 11 is 0. The van der Waals surface area contributed by atoms with Crippen molar-refractivity contribution < 1.29 is 9.53 Å². The molecular formula is C13H19N3O2. The molecular weight excluding hydrogens is 230 g/mol. The highest BCUT2D eigenvalue weighted by Gasteiger charge is 2.25. The Kier molecular flexibility index (Phi) is 3.60. The van der Waals surface area contributed by atoms with Gasteiger partial charge in [0.15, 0.2) is 0 Å². The number of methoxy groups -OCH3 is 1. The van der Waals surface area contributed by atoms with Gasteiger partial charge in [-0.15, -0.1) is 0 Å². The first-order chi connectivity index (χ1) is 8.60. The van der Waals surface area contributed by atoms with Gasteiger partial charge in [-0.2, -0.15) is 0 Å². The van der Waals surface area contributed by atoms with Crippen molar-refractivity contribution in [2.45, 2.75) is 31.8 Å². The Hall–Kier alpha value is -1.91. The Bertz CT molecular complexity index is 444. The SMILES string of the molecule is COc1cc(NC(C)C(=O)NC2CC2)ccc1N. The normalized spacial score (nSPS) is 15.9. The van der Waals surface area contributed by atoms with Gasteiger partial charge in [0.25, 0.3) is 0 Å². The van der Waals surface area contributed by atoms with E-state index in [9.17, 15) is 4.79 Å². The van der Waals surface area contributed by atoms with E-state index in [0.29, 0.717) is 17.5 Å². The van der Waals surface area contributed by atoms with Crippen LogP contribution in [0, 0.1) is 0 Å². The maximum Gasteiger partial charge on any atom is 0.242 e. The molecule has 1 aliphatic carbocycles. The molecule has 0 aromatic heterocycles. The van der Waals surface area contributed by atoms with Gasteiger partial charge in [-0.05, 0) is 31.9 Å². The molecule has 1 unspecified atom stereocenters. The Labute approximate surface area is 107 Å². The molecule has 1 aromatic carbocycles. The Balaban J connectivity index is 1.96. The van der Waals surface area contributed by atoms with Crippen LogP contribution in [-0.2, 0) is 4.79 Å². The van der Waals surface area contributed by atoms with E-state index in [2.05, 4.69) is 10.6 Å². The molecule has 0 saturated heterocycles. The third-order valence-electron chi connectivity index (χ3n) is 2.93. The van der Waals surface area contributed by atoms with Crippen LogP contribution >= 0.6 is 0 Å². The molecule has 98 valence electrons. The molecule has 1 aromatic rings. The van der Waals surface area contributed by atoms with Gasteiger partial charge in [0, 0.05) is 17.8 Å². The molecule has 1 aliphatic rings. The van der Waals surface area contributed by atoms with Gasteiger partial charge in [0.1, 0.15) is 11.8 Å². The van der Waals surface area contributed by atoms with E-state index in [1.165, 1.54) is 0 Å². The first kappa shape index (κ1) is 12.5. The molecule has 1 amide bonds. The predicted molar refractivity (Wildman–Crippen MR) is 71.7 cm³/mol. The zero-order valence-corrected chi connectivity index (χ0v) is 10.7. The number of rotatable bonds is 5. The van der Waals surface area contributed by atoms with E-state index < -0.39 is 0 Å². The molecule has 4 N–H and O–H groups in total. The van der Waals surface area contributed by atoms with Gasteiger partial charge in [0.05, 0.1) is 12.8 Å². The number of carbonyl (C=O) groups excluding carboxylic acids is 1. The molecule has 0 spiro atoms. The minimum Gasteiger partial charge on any atom is -0.495 e. The summed E-state index contributed by atoms with van der Waals surface area (Å²) in [5.41, 5.74) is 7.13. The van der Waals surface area contributed by atoms with Crippen molar-refractivity contribution in [3.8, 4) is 5.75 Å². The molecule has 1 saturated carbocycles. The number of ether oxygens (including phenoxy) is 1. The topological polar surface area (TPSA) is 76.4 Å². The summed E-state index contributed by atoms with van der Waals surface area (Å²) in [6.45, 7) is 1.83. The summed E-state index contributed by atoms with van der Waals surface area (Å²) in [5.74, 6) is 0.628. The standard InChI is InChI=1S/C13H19N3O2/c1-8(13(17)16-9-3-4-9)15-10-5-6-11(14)12(7-10)18-2/h5-9,15H,3-4,14H2,1-2H3,(H,16,17). The zero-order valence-electron chi connectivity index (χ0n) is 10.7. The number of nitrogens with two attached hydrogens (primary N) is 1. The number of amides is 1. The van der Waals surface area contributed by atoms with Crippen LogP contribution in [0.5, 0.6) is 5.75 Å². The Morgan fingerprint density at radius 3 is 2.83 bits per heavy atom.